The monoisotopic (exact) mass is 312 g/mol. The Morgan fingerprint density at radius 2 is 2.09 bits per heavy atom. The van der Waals surface area contributed by atoms with Gasteiger partial charge in [-0.2, -0.15) is 0 Å². The Balaban J connectivity index is 1.89. The highest BCUT2D eigenvalue weighted by Gasteiger charge is 2.33. The van der Waals surface area contributed by atoms with Crippen LogP contribution in [0.1, 0.15) is 12.5 Å². The van der Waals surface area contributed by atoms with Gasteiger partial charge in [-0.05, 0) is 42.8 Å². The first-order chi connectivity index (χ1) is 11.1. The van der Waals surface area contributed by atoms with Gasteiger partial charge in [0.1, 0.15) is 11.5 Å². The van der Waals surface area contributed by atoms with E-state index in [0.717, 1.165) is 17.0 Å². The predicted molar refractivity (Wildman–Crippen MR) is 90.0 cm³/mol. The van der Waals surface area contributed by atoms with Crippen molar-refractivity contribution in [1.82, 2.24) is 0 Å². The number of hydrogen-bond acceptors (Lipinski definition) is 4. The number of methoxy groups -OCH3 is 1. The van der Waals surface area contributed by atoms with Gasteiger partial charge in [-0.3, -0.25) is 4.79 Å². The minimum Gasteiger partial charge on any atom is -0.497 e. The number of nitrogens with two attached hydrogens (primary N) is 1. The first kappa shape index (κ1) is 15.2. The second-order valence-electron chi connectivity index (χ2n) is 5.47. The molecule has 1 atom stereocenters. The number of carbonyl (C=O) groups excluding carboxylic acids is 1. The summed E-state index contributed by atoms with van der Waals surface area (Å²) >= 11 is 0. The van der Waals surface area contributed by atoms with Gasteiger partial charge in [0.25, 0.3) is 5.91 Å². The molecule has 0 radical (unpaired) electrons. The molecule has 2 N–H and O–H groups in total. The summed E-state index contributed by atoms with van der Waals surface area (Å²) in [6.07, 6.45) is -0.0470. The Kier molecular flexibility index (Phi) is 4.10. The lowest BCUT2D eigenvalue weighted by Crippen LogP contribution is -2.46. The van der Waals surface area contributed by atoms with Gasteiger partial charge in [0.2, 0.25) is 0 Å². The van der Waals surface area contributed by atoms with Crippen LogP contribution in [0.3, 0.4) is 0 Å². The minimum atomic E-state index is -0.543. The van der Waals surface area contributed by atoms with Gasteiger partial charge in [-0.25, -0.2) is 0 Å². The summed E-state index contributed by atoms with van der Waals surface area (Å²) in [5.74, 6) is 1.41. The SMILES string of the molecule is CCN1C(=O)C(Cc2cccc(OC)c2)Oc2ccc(N)cc21. The number of amides is 1. The van der Waals surface area contributed by atoms with Crippen LogP contribution < -0.4 is 20.1 Å². The fourth-order valence-electron chi connectivity index (χ4n) is 2.81. The van der Waals surface area contributed by atoms with Crippen LogP contribution in [0, 0.1) is 0 Å². The van der Waals surface area contributed by atoms with Crippen LogP contribution in [0.5, 0.6) is 11.5 Å². The summed E-state index contributed by atoms with van der Waals surface area (Å²) in [7, 11) is 1.63. The third kappa shape index (κ3) is 2.95. The zero-order valence-corrected chi connectivity index (χ0v) is 13.3. The molecule has 23 heavy (non-hydrogen) atoms. The normalized spacial score (nSPS) is 16.7. The van der Waals surface area contributed by atoms with E-state index in [-0.39, 0.29) is 5.91 Å². The molecule has 5 nitrogen and oxygen atoms in total. The molecule has 1 heterocycles. The van der Waals surface area contributed by atoms with Crippen molar-refractivity contribution in [2.24, 2.45) is 0 Å². The van der Waals surface area contributed by atoms with E-state index in [1.54, 1.807) is 24.1 Å². The molecular formula is C18H20N2O3. The molecule has 0 bridgehead atoms. The number of rotatable bonds is 4. The van der Waals surface area contributed by atoms with Crippen molar-refractivity contribution in [3.05, 3.63) is 48.0 Å². The van der Waals surface area contributed by atoms with Gasteiger partial charge in [0.05, 0.1) is 12.8 Å². The summed E-state index contributed by atoms with van der Waals surface area (Å²) in [6.45, 7) is 2.52. The maximum Gasteiger partial charge on any atom is 0.268 e. The molecule has 0 aromatic heterocycles. The van der Waals surface area contributed by atoms with Crippen molar-refractivity contribution in [2.75, 3.05) is 24.3 Å². The summed E-state index contributed by atoms with van der Waals surface area (Å²) in [4.78, 5) is 14.4. The first-order valence-electron chi connectivity index (χ1n) is 7.63. The summed E-state index contributed by atoms with van der Waals surface area (Å²) in [5, 5.41) is 0. The molecule has 1 amide bonds. The van der Waals surface area contributed by atoms with Gasteiger partial charge in [-0.15, -0.1) is 0 Å². The van der Waals surface area contributed by atoms with Crippen molar-refractivity contribution in [3.63, 3.8) is 0 Å². The molecule has 5 heteroatoms. The average Bonchev–Trinajstić information content (AvgIpc) is 2.56. The number of nitrogens with zero attached hydrogens (tertiary/aromatic N) is 1. The van der Waals surface area contributed by atoms with Gasteiger partial charge in [-0.1, -0.05) is 12.1 Å². The van der Waals surface area contributed by atoms with Gasteiger partial charge in [0, 0.05) is 18.7 Å². The third-order valence-corrected chi connectivity index (χ3v) is 3.96. The molecule has 2 aromatic carbocycles. The number of benzene rings is 2. The molecule has 0 fully saturated rings. The van der Waals surface area contributed by atoms with Crippen LogP contribution in [-0.4, -0.2) is 25.7 Å². The van der Waals surface area contributed by atoms with E-state index in [1.165, 1.54) is 0 Å². The number of nitrogen functional groups attached to an aromatic ring is 1. The lowest BCUT2D eigenvalue weighted by atomic mass is 10.0. The van der Waals surface area contributed by atoms with E-state index >= 15 is 0 Å². The number of carbonyl (C=O) groups is 1. The van der Waals surface area contributed by atoms with E-state index in [4.69, 9.17) is 15.2 Å². The van der Waals surface area contributed by atoms with E-state index in [2.05, 4.69) is 0 Å². The topological polar surface area (TPSA) is 64.8 Å². The Hall–Kier alpha value is -2.69. The van der Waals surface area contributed by atoms with E-state index < -0.39 is 6.10 Å². The summed E-state index contributed by atoms with van der Waals surface area (Å²) in [6, 6.07) is 13.1. The Morgan fingerprint density at radius 3 is 2.83 bits per heavy atom. The van der Waals surface area contributed by atoms with Crippen molar-refractivity contribution < 1.29 is 14.3 Å². The minimum absolute atomic E-state index is 0.0478. The highest BCUT2D eigenvalue weighted by Crippen LogP contribution is 2.36. The average molecular weight is 312 g/mol. The lowest BCUT2D eigenvalue weighted by molar-refractivity contribution is -0.126. The maximum atomic E-state index is 12.7. The van der Waals surface area contributed by atoms with Crippen molar-refractivity contribution in [3.8, 4) is 11.5 Å². The summed E-state index contributed by atoms with van der Waals surface area (Å²) in [5.41, 5.74) is 8.18. The molecule has 0 saturated heterocycles. The van der Waals surface area contributed by atoms with Crippen LogP contribution in [0.15, 0.2) is 42.5 Å². The lowest BCUT2D eigenvalue weighted by Gasteiger charge is -2.34. The molecule has 3 rings (SSSR count). The predicted octanol–water partition coefficient (Wildman–Crippen LogP) is 2.63. The number of ether oxygens (including phenoxy) is 2. The molecule has 0 aliphatic carbocycles. The van der Waals surface area contributed by atoms with Gasteiger partial charge >= 0.3 is 0 Å². The van der Waals surface area contributed by atoms with E-state index in [9.17, 15) is 4.79 Å². The van der Waals surface area contributed by atoms with E-state index in [0.29, 0.717) is 24.4 Å². The molecule has 0 spiro atoms. The number of fused-ring (bicyclic) bond motifs is 1. The zero-order chi connectivity index (χ0) is 16.4. The second-order valence-corrected chi connectivity index (χ2v) is 5.47. The fourth-order valence-corrected chi connectivity index (χ4v) is 2.81. The molecule has 1 unspecified atom stereocenters. The molecule has 120 valence electrons. The van der Waals surface area contributed by atoms with Crippen LogP contribution in [0.4, 0.5) is 11.4 Å². The Morgan fingerprint density at radius 1 is 1.26 bits per heavy atom. The molecule has 1 aliphatic rings. The van der Waals surface area contributed by atoms with Crippen LogP contribution >= 0.6 is 0 Å². The third-order valence-electron chi connectivity index (χ3n) is 3.96. The molecule has 2 aromatic rings. The fraction of sp³-hybridized carbons (Fsp3) is 0.278. The van der Waals surface area contributed by atoms with Crippen LogP contribution in [-0.2, 0) is 11.2 Å². The van der Waals surface area contributed by atoms with Gasteiger partial charge in [0.15, 0.2) is 6.10 Å². The second kappa shape index (κ2) is 6.20. The first-order valence-corrected chi connectivity index (χ1v) is 7.63. The highest BCUT2D eigenvalue weighted by molar-refractivity contribution is 6.00. The Bertz CT molecular complexity index is 730. The maximum absolute atomic E-state index is 12.7. The smallest absolute Gasteiger partial charge is 0.268 e. The number of likely N-dealkylation sites (N-methyl/N-ethyl adjacent to an activating group) is 1. The van der Waals surface area contributed by atoms with Crippen LogP contribution in [0.2, 0.25) is 0 Å². The molecule has 0 saturated carbocycles. The van der Waals surface area contributed by atoms with Gasteiger partial charge < -0.3 is 20.1 Å². The Labute approximate surface area is 135 Å². The van der Waals surface area contributed by atoms with Crippen LogP contribution in [0.25, 0.3) is 0 Å². The van der Waals surface area contributed by atoms with Crippen molar-refractivity contribution >= 4 is 17.3 Å². The summed E-state index contributed by atoms with van der Waals surface area (Å²) < 4.78 is 11.2. The number of hydrogen-bond donors (Lipinski definition) is 1. The van der Waals surface area contributed by atoms with Crippen molar-refractivity contribution in [1.29, 1.82) is 0 Å². The van der Waals surface area contributed by atoms with E-state index in [1.807, 2.05) is 37.3 Å². The standard InChI is InChI=1S/C18H20N2O3/c1-3-20-15-11-13(19)7-8-16(15)23-17(18(20)21)10-12-5-4-6-14(9-12)22-2/h4-9,11,17H,3,10,19H2,1-2H3. The highest BCUT2D eigenvalue weighted by atomic mass is 16.5. The number of anilines is 2. The largest absolute Gasteiger partial charge is 0.497 e. The molecular weight excluding hydrogens is 292 g/mol. The zero-order valence-electron chi connectivity index (χ0n) is 13.3. The molecule has 1 aliphatic heterocycles. The van der Waals surface area contributed by atoms with Crippen molar-refractivity contribution in [2.45, 2.75) is 19.4 Å². The quantitative estimate of drug-likeness (QED) is 0.882.